The molecule has 2 aromatic rings. The van der Waals surface area contributed by atoms with Crippen molar-refractivity contribution in [2.75, 3.05) is 13.1 Å². The van der Waals surface area contributed by atoms with Crippen molar-refractivity contribution < 1.29 is 9.90 Å². The van der Waals surface area contributed by atoms with Crippen LogP contribution < -0.4 is 0 Å². The molecule has 1 aliphatic rings. The lowest BCUT2D eigenvalue weighted by molar-refractivity contribution is 0.0711. The molecule has 1 fully saturated rings. The number of hydrogen-bond acceptors (Lipinski definition) is 3. The first-order valence-electron chi connectivity index (χ1n) is 9.44. The number of hydrogen-bond donors (Lipinski definition) is 2. The highest BCUT2D eigenvalue weighted by Gasteiger charge is 2.26. The van der Waals surface area contributed by atoms with Gasteiger partial charge in [-0.15, -0.1) is 0 Å². The molecule has 0 saturated carbocycles. The summed E-state index contributed by atoms with van der Waals surface area (Å²) in [6.07, 6.45) is 5.25. The van der Waals surface area contributed by atoms with E-state index in [-0.39, 0.29) is 5.91 Å². The van der Waals surface area contributed by atoms with Gasteiger partial charge in [0.2, 0.25) is 0 Å². The molecule has 2 heterocycles. The zero-order chi connectivity index (χ0) is 18.7. The van der Waals surface area contributed by atoms with E-state index in [0.29, 0.717) is 12.3 Å². The minimum absolute atomic E-state index is 0.106. The zero-order valence-electron chi connectivity index (χ0n) is 16.0. The number of nitrogens with zero attached hydrogens (tertiary/aromatic N) is 2. The van der Waals surface area contributed by atoms with Gasteiger partial charge in [0.25, 0.3) is 5.91 Å². The fourth-order valence-electron chi connectivity index (χ4n) is 3.63. The van der Waals surface area contributed by atoms with E-state index in [1.165, 1.54) is 11.3 Å². The maximum absolute atomic E-state index is 12.9. The van der Waals surface area contributed by atoms with Crippen LogP contribution in [0.25, 0.3) is 0 Å². The number of benzene rings is 1. The van der Waals surface area contributed by atoms with Gasteiger partial charge in [-0.1, -0.05) is 12.1 Å². The Morgan fingerprint density at radius 2 is 2.08 bits per heavy atom. The second kappa shape index (κ2) is 7.62. The van der Waals surface area contributed by atoms with E-state index in [9.17, 15) is 9.90 Å². The molecule has 0 radical (unpaired) electrons. The first kappa shape index (κ1) is 18.6. The average molecular weight is 355 g/mol. The van der Waals surface area contributed by atoms with Crippen LogP contribution in [-0.4, -0.2) is 44.8 Å². The number of carbonyl (C=O) groups is 1. The molecule has 1 aromatic heterocycles. The van der Waals surface area contributed by atoms with Crippen LogP contribution >= 0.6 is 0 Å². The summed E-state index contributed by atoms with van der Waals surface area (Å²) in [5.41, 5.74) is 3.57. The normalized spacial score (nSPS) is 16.1. The highest BCUT2D eigenvalue weighted by Crippen LogP contribution is 2.29. The molecule has 2 N–H and O–H groups in total. The number of aliphatic hydroxyl groups is 1. The summed E-state index contributed by atoms with van der Waals surface area (Å²) in [4.78, 5) is 14.8. The van der Waals surface area contributed by atoms with E-state index < -0.39 is 5.60 Å². The Morgan fingerprint density at radius 1 is 1.35 bits per heavy atom. The second-order valence-electron chi connectivity index (χ2n) is 8.05. The van der Waals surface area contributed by atoms with Crippen LogP contribution in [0.15, 0.2) is 30.5 Å². The summed E-state index contributed by atoms with van der Waals surface area (Å²) in [6.45, 7) is 7.25. The van der Waals surface area contributed by atoms with Gasteiger partial charge >= 0.3 is 0 Å². The van der Waals surface area contributed by atoms with Crippen molar-refractivity contribution in [1.82, 2.24) is 15.1 Å². The third-order valence-corrected chi connectivity index (χ3v) is 5.26. The van der Waals surface area contributed by atoms with Gasteiger partial charge in [0, 0.05) is 30.3 Å². The Hall–Kier alpha value is -2.14. The van der Waals surface area contributed by atoms with Crippen LogP contribution in [-0.2, 0) is 6.42 Å². The molecule has 1 saturated heterocycles. The van der Waals surface area contributed by atoms with E-state index in [2.05, 4.69) is 17.1 Å². The molecule has 0 bridgehead atoms. The van der Waals surface area contributed by atoms with Crippen molar-refractivity contribution in [2.45, 2.75) is 58.0 Å². The minimum Gasteiger partial charge on any atom is -0.390 e. The molecule has 0 spiro atoms. The van der Waals surface area contributed by atoms with E-state index in [0.717, 1.165) is 43.5 Å². The Labute approximate surface area is 155 Å². The molecule has 1 aromatic carbocycles. The van der Waals surface area contributed by atoms with Crippen LogP contribution in [0.4, 0.5) is 0 Å². The van der Waals surface area contributed by atoms with Crippen molar-refractivity contribution >= 4 is 5.91 Å². The van der Waals surface area contributed by atoms with Gasteiger partial charge in [-0.05, 0) is 69.7 Å². The number of piperidine rings is 1. The summed E-state index contributed by atoms with van der Waals surface area (Å²) < 4.78 is 0. The van der Waals surface area contributed by atoms with Crippen molar-refractivity contribution in [1.29, 1.82) is 0 Å². The van der Waals surface area contributed by atoms with Crippen LogP contribution in [0.2, 0.25) is 0 Å². The molecule has 3 rings (SSSR count). The largest absolute Gasteiger partial charge is 0.390 e. The monoisotopic (exact) mass is 355 g/mol. The molecular weight excluding hydrogens is 326 g/mol. The summed E-state index contributed by atoms with van der Waals surface area (Å²) in [7, 11) is 0. The van der Waals surface area contributed by atoms with E-state index in [1.54, 1.807) is 0 Å². The van der Waals surface area contributed by atoms with Gasteiger partial charge in [0.05, 0.1) is 11.8 Å². The quantitative estimate of drug-likeness (QED) is 0.863. The Kier molecular flexibility index (Phi) is 5.47. The molecule has 1 amide bonds. The molecular formula is C21H29N3O2. The fraction of sp³-hybridized carbons (Fsp3) is 0.524. The van der Waals surface area contributed by atoms with E-state index >= 15 is 0 Å². The number of H-pyrrole nitrogens is 1. The number of rotatable bonds is 5. The number of aromatic amines is 1. The SMILES string of the molecule is Cc1cn[nH]c1C1CCN(C(=O)c2cccc(CCC(C)(C)O)c2)CC1. The van der Waals surface area contributed by atoms with Gasteiger partial charge in [-0.2, -0.15) is 5.10 Å². The van der Waals surface area contributed by atoms with Crippen molar-refractivity contribution in [3.63, 3.8) is 0 Å². The lowest BCUT2D eigenvalue weighted by atomic mass is 9.91. The van der Waals surface area contributed by atoms with E-state index in [1.807, 2.05) is 49.2 Å². The molecule has 0 unspecified atom stereocenters. The number of aryl methyl sites for hydroxylation is 2. The van der Waals surface area contributed by atoms with Crippen LogP contribution in [0.3, 0.4) is 0 Å². The van der Waals surface area contributed by atoms with Crippen LogP contribution in [0.5, 0.6) is 0 Å². The molecule has 5 heteroatoms. The number of nitrogens with one attached hydrogen (secondary N) is 1. The van der Waals surface area contributed by atoms with E-state index in [4.69, 9.17) is 0 Å². The van der Waals surface area contributed by atoms with Gasteiger partial charge in [-0.25, -0.2) is 0 Å². The van der Waals surface area contributed by atoms with Crippen molar-refractivity contribution in [3.05, 3.63) is 52.8 Å². The molecule has 5 nitrogen and oxygen atoms in total. The predicted octanol–water partition coefficient (Wildman–Crippen LogP) is 3.44. The minimum atomic E-state index is -0.688. The molecule has 26 heavy (non-hydrogen) atoms. The van der Waals surface area contributed by atoms with Crippen molar-refractivity contribution in [2.24, 2.45) is 0 Å². The number of carbonyl (C=O) groups excluding carboxylic acids is 1. The standard InChI is InChI=1S/C21H29N3O2/c1-15-14-22-23-19(15)17-8-11-24(12-9-17)20(25)18-6-4-5-16(13-18)7-10-21(2,3)26/h4-6,13-14,17,26H,7-12H2,1-3H3,(H,22,23). The highest BCUT2D eigenvalue weighted by molar-refractivity contribution is 5.94. The number of likely N-dealkylation sites (tertiary alicyclic amines) is 1. The van der Waals surface area contributed by atoms with Crippen LogP contribution in [0.1, 0.15) is 66.2 Å². The fourth-order valence-corrected chi connectivity index (χ4v) is 3.63. The Balaban J connectivity index is 1.61. The predicted molar refractivity (Wildman–Crippen MR) is 102 cm³/mol. The van der Waals surface area contributed by atoms with Gasteiger partial charge in [-0.3, -0.25) is 9.89 Å². The summed E-state index contributed by atoms with van der Waals surface area (Å²) in [5.74, 6) is 0.564. The summed E-state index contributed by atoms with van der Waals surface area (Å²) in [5, 5.41) is 17.1. The number of amides is 1. The third-order valence-electron chi connectivity index (χ3n) is 5.26. The first-order valence-corrected chi connectivity index (χ1v) is 9.44. The highest BCUT2D eigenvalue weighted by atomic mass is 16.3. The van der Waals surface area contributed by atoms with Crippen molar-refractivity contribution in [3.8, 4) is 0 Å². The summed E-state index contributed by atoms with van der Waals surface area (Å²) >= 11 is 0. The third kappa shape index (κ3) is 4.52. The average Bonchev–Trinajstić information content (AvgIpc) is 3.05. The topological polar surface area (TPSA) is 69.2 Å². The molecule has 1 aliphatic heterocycles. The van der Waals surface area contributed by atoms with Gasteiger partial charge in [0.15, 0.2) is 0 Å². The smallest absolute Gasteiger partial charge is 0.253 e. The Bertz CT molecular complexity index is 753. The maximum Gasteiger partial charge on any atom is 0.253 e. The van der Waals surface area contributed by atoms with Gasteiger partial charge < -0.3 is 10.0 Å². The molecule has 0 atom stereocenters. The van der Waals surface area contributed by atoms with Crippen LogP contribution in [0, 0.1) is 6.92 Å². The Morgan fingerprint density at radius 3 is 2.69 bits per heavy atom. The number of aromatic nitrogens is 2. The first-order chi connectivity index (χ1) is 12.3. The zero-order valence-corrected chi connectivity index (χ0v) is 16.0. The lowest BCUT2D eigenvalue weighted by Gasteiger charge is -2.32. The maximum atomic E-state index is 12.9. The lowest BCUT2D eigenvalue weighted by Crippen LogP contribution is -2.38. The molecule has 0 aliphatic carbocycles. The van der Waals surface area contributed by atoms with Gasteiger partial charge in [0.1, 0.15) is 0 Å². The molecule has 140 valence electrons. The summed E-state index contributed by atoms with van der Waals surface area (Å²) in [6, 6.07) is 7.82. The second-order valence-corrected chi connectivity index (χ2v) is 8.05.